The average molecular weight is 376 g/mol. The van der Waals surface area contributed by atoms with Gasteiger partial charge in [0.25, 0.3) is 11.6 Å². The van der Waals surface area contributed by atoms with E-state index in [2.05, 4.69) is 4.99 Å². The Morgan fingerprint density at radius 3 is 2.80 bits per heavy atom. The number of carbonyl (C=O) groups excluding carboxylic acids is 1. The third-order valence-corrected chi connectivity index (χ3v) is 5.01. The van der Waals surface area contributed by atoms with Gasteiger partial charge in [0.2, 0.25) is 0 Å². The normalized spacial score (nSPS) is 11.8. The van der Waals surface area contributed by atoms with Crippen LogP contribution in [0.15, 0.2) is 47.5 Å². The second-order valence-corrected chi connectivity index (χ2v) is 6.76. The Morgan fingerprint density at radius 2 is 2.08 bits per heavy atom. The molecule has 1 amide bonds. The van der Waals surface area contributed by atoms with E-state index < -0.39 is 10.8 Å². The van der Waals surface area contributed by atoms with Gasteiger partial charge < -0.3 is 4.57 Å². The maximum absolute atomic E-state index is 12.6. The molecule has 128 valence electrons. The summed E-state index contributed by atoms with van der Waals surface area (Å²) in [5.74, 6) is -0.592. The molecule has 0 saturated carbocycles. The number of nitrogens with zero attached hydrogens (tertiary/aromatic N) is 3. The van der Waals surface area contributed by atoms with E-state index >= 15 is 0 Å². The first-order valence-electron chi connectivity index (χ1n) is 7.62. The zero-order valence-electron chi connectivity index (χ0n) is 13.3. The van der Waals surface area contributed by atoms with Crippen molar-refractivity contribution in [2.75, 3.05) is 0 Å². The first-order chi connectivity index (χ1) is 12.0. The summed E-state index contributed by atoms with van der Waals surface area (Å²) in [6.45, 7) is 2.77. The van der Waals surface area contributed by atoms with Gasteiger partial charge in [-0.05, 0) is 24.6 Å². The molecule has 0 bridgehead atoms. The number of rotatable bonds is 4. The summed E-state index contributed by atoms with van der Waals surface area (Å²) < 4.78 is 3.00. The van der Waals surface area contributed by atoms with Crippen molar-refractivity contribution in [3.8, 4) is 0 Å². The lowest BCUT2D eigenvalue weighted by Gasteiger charge is -2.03. The maximum atomic E-state index is 12.6. The molecule has 3 rings (SSSR count). The summed E-state index contributed by atoms with van der Waals surface area (Å²) in [5.41, 5.74) is 0.836. The van der Waals surface area contributed by atoms with Crippen molar-refractivity contribution >= 4 is 44.7 Å². The molecule has 0 saturated heterocycles. The Bertz CT molecular complexity index is 1040. The van der Waals surface area contributed by atoms with Crippen LogP contribution in [-0.2, 0) is 6.54 Å². The topological polar surface area (TPSA) is 77.5 Å². The molecule has 0 fully saturated rings. The van der Waals surface area contributed by atoms with Gasteiger partial charge in [-0.1, -0.05) is 42.0 Å². The summed E-state index contributed by atoms with van der Waals surface area (Å²) in [6.07, 6.45) is 0.889. The number of thiazole rings is 1. The van der Waals surface area contributed by atoms with E-state index in [4.69, 9.17) is 11.6 Å². The van der Waals surface area contributed by atoms with Crippen LogP contribution in [0, 0.1) is 10.1 Å². The number of aryl methyl sites for hydroxylation is 1. The van der Waals surface area contributed by atoms with Gasteiger partial charge in [-0.15, -0.1) is 0 Å². The molecular formula is C17H14ClN3O3S. The number of fused-ring (bicyclic) bond motifs is 1. The Labute approximate surface area is 152 Å². The molecule has 6 nitrogen and oxygen atoms in total. The van der Waals surface area contributed by atoms with Crippen LogP contribution in [0.3, 0.4) is 0 Å². The molecule has 1 heterocycles. The van der Waals surface area contributed by atoms with E-state index in [9.17, 15) is 14.9 Å². The summed E-state index contributed by atoms with van der Waals surface area (Å²) in [5, 5.41) is 11.1. The van der Waals surface area contributed by atoms with Crippen LogP contribution in [0.1, 0.15) is 23.7 Å². The smallest absolute Gasteiger partial charge is 0.281 e. The van der Waals surface area contributed by atoms with E-state index in [1.807, 2.05) is 35.8 Å². The molecule has 25 heavy (non-hydrogen) atoms. The minimum absolute atomic E-state index is 0.0244. The second kappa shape index (κ2) is 7.16. The number of nitro groups is 1. The molecule has 0 aliphatic heterocycles. The van der Waals surface area contributed by atoms with Crippen LogP contribution in [0.2, 0.25) is 5.02 Å². The molecule has 1 aromatic heterocycles. The van der Waals surface area contributed by atoms with Gasteiger partial charge >= 0.3 is 0 Å². The summed E-state index contributed by atoms with van der Waals surface area (Å²) in [4.78, 5) is 27.7. The Hall–Kier alpha value is -2.51. The van der Waals surface area contributed by atoms with Gasteiger partial charge in [-0.2, -0.15) is 4.99 Å². The highest BCUT2D eigenvalue weighted by Crippen LogP contribution is 2.23. The number of para-hydroxylation sites is 1. The molecule has 2 aromatic carbocycles. The Morgan fingerprint density at radius 1 is 1.32 bits per heavy atom. The van der Waals surface area contributed by atoms with Crippen molar-refractivity contribution in [1.29, 1.82) is 0 Å². The number of aromatic nitrogens is 1. The molecule has 0 unspecified atom stereocenters. The number of hydrogen-bond donors (Lipinski definition) is 0. The van der Waals surface area contributed by atoms with Crippen molar-refractivity contribution in [1.82, 2.24) is 4.57 Å². The first kappa shape index (κ1) is 17.3. The van der Waals surface area contributed by atoms with E-state index in [1.165, 1.54) is 23.5 Å². The third-order valence-electron chi connectivity index (χ3n) is 3.62. The van der Waals surface area contributed by atoms with E-state index in [-0.39, 0.29) is 16.3 Å². The fourth-order valence-corrected chi connectivity index (χ4v) is 3.74. The lowest BCUT2D eigenvalue weighted by Crippen LogP contribution is -2.17. The largest absolute Gasteiger partial charge is 0.316 e. The number of benzene rings is 2. The highest BCUT2D eigenvalue weighted by Gasteiger charge is 2.16. The molecule has 0 aliphatic rings. The van der Waals surface area contributed by atoms with Crippen LogP contribution in [0.5, 0.6) is 0 Å². The number of amides is 1. The fourth-order valence-electron chi connectivity index (χ4n) is 2.48. The third kappa shape index (κ3) is 3.47. The molecule has 0 N–H and O–H groups in total. The van der Waals surface area contributed by atoms with Crippen LogP contribution in [0.25, 0.3) is 10.2 Å². The quantitative estimate of drug-likeness (QED) is 0.500. The van der Waals surface area contributed by atoms with Gasteiger partial charge in [0.05, 0.1) is 25.7 Å². The van der Waals surface area contributed by atoms with Crippen LogP contribution >= 0.6 is 22.9 Å². The van der Waals surface area contributed by atoms with Gasteiger partial charge in [-0.3, -0.25) is 14.9 Å². The predicted molar refractivity (Wildman–Crippen MR) is 98.1 cm³/mol. The van der Waals surface area contributed by atoms with E-state index in [0.717, 1.165) is 29.2 Å². The fraction of sp³-hybridized carbons (Fsp3) is 0.176. The van der Waals surface area contributed by atoms with Crippen LogP contribution in [-0.4, -0.2) is 15.4 Å². The lowest BCUT2D eigenvalue weighted by atomic mass is 10.2. The minimum Gasteiger partial charge on any atom is -0.316 e. The van der Waals surface area contributed by atoms with Crippen molar-refractivity contribution < 1.29 is 9.72 Å². The van der Waals surface area contributed by atoms with Crippen molar-refractivity contribution in [2.24, 2.45) is 4.99 Å². The molecule has 3 aromatic rings. The monoisotopic (exact) mass is 375 g/mol. The number of carbonyl (C=O) groups is 1. The molecule has 0 aliphatic carbocycles. The molecular weight excluding hydrogens is 362 g/mol. The summed E-state index contributed by atoms with van der Waals surface area (Å²) >= 11 is 7.44. The second-order valence-electron chi connectivity index (χ2n) is 5.34. The van der Waals surface area contributed by atoms with E-state index in [1.54, 1.807) is 0 Å². The lowest BCUT2D eigenvalue weighted by molar-refractivity contribution is -0.384. The zero-order chi connectivity index (χ0) is 18.0. The summed E-state index contributed by atoms with van der Waals surface area (Å²) in [7, 11) is 0. The van der Waals surface area contributed by atoms with Gasteiger partial charge in [0.15, 0.2) is 4.80 Å². The van der Waals surface area contributed by atoms with Crippen molar-refractivity contribution in [3.63, 3.8) is 0 Å². The van der Waals surface area contributed by atoms with Gasteiger partial charge in [0.1, 0.15) is 0 Å². The van der Waals surface area contributed by atoms with Gasteiger partial charge in [0, 0.05) is 18.7 Å². The predicted octanol–water partition coefficient (Wildman–Crippen LogP) is 4.42. The maximum Gasteiger partial charge on any atom is 0.281 e. The Kier molecular flexibility index (Phi) is 4.96. The highest BCUT2D eigenvalue weighted by molar-refractivity contribution is 7.16. The van der Waals surface area contributed by atoms with Gasteiger partial charge in [-0.25, -0.2) is 0 Å². The molecule has 0 spiro atoms. The Balaban J connectivity index is 2.13. The molecule has 0 atom stereocenters. The van der Waals surface area contributed by atoms with Crippen molar-refractivity contribution in [3.05, 3.63) is 68.0 Å². The molecule has 0 radical (unpaired) electrons. The van der Waals surface area contributed by atoms with Crippen LogP contribution < -0.4 is 4.80 Å². The van der Waals surface area contributed by atoms with E-state index in [0.29, 0.717) is 4.80 Å². The average Bonchev–Trinajstić information content (AvgIpc) is 2.93. The first-order valence-corrected chi connectivity index (χ1v) is 8.82. The highest BCUT2D eigenvalue weighted by atomic mass is 35.5. The molecule has 8 heteroatoms. The minimum atomic E-state index is -0.592. The van der Waals surface area contributed by atoms with Crippen LogP contribution in [0.4, 0.5) is 5.69 Å². The standard InChI is InChI=1S/C17H14ClN3O3S/c1-2-9-20-14-5-3-4-6-15(14)25-17(20)19-16(22)12-10-11(21(23)24)7-8-13(12)18/h3-8,10H,2,9H2,1H3. The zero-order valence-corrected chi connectivity index (χ0v) is 14.9. The summed E-state index contributed by atoms with van der Waals surface area (Å²) in [6, 6.07) is 11.6. The van der Waals surface area contributed by atoms with Crippen molar-refractivity contribution in [2.45, 2.75) is 19.9 Å². The number of hydrogen-bond acceptors (Lipinski definition) is 4. The SMILES string of the molecule is CCCn1c(=NC(=O)c2cc([N+](=O)[O-])ccc2Cl)sc2ccccc21. The number of nitro benzene ring substituents is 1. The number of non-ortho nitro benzene ring substituents is 1. The number of halogens is 1.